The number of aromatic nitrogens is 1. The second-order valence-corrected chi connectivity index (χ2v) is 6.45. The number of benzene rings is 1. The van der Waals surface area contributed by atoms with E-state index in [1.807, 2.05) is 0 Å². The van der Waals surface area contributed by atoms with Gasteiger partial charge in [-0.15, -0.1) is 0 Å². The SMILES string of the molecule is COC(=O)[C@H](CC(C)C)N(c1ncc(Nc2cccc(F)c2)cc1O)[N+](=O)[O-]. The molecule has 1 atom stereocenters. The number of halogens is 1. The van der Waals surface area contributed by atoms with Gasteiger partial charge in [-0.05, 0) is 30.5 Å². The van der Waals surface area contributed by atoms with Gasteiger partial charge in [-0.25, -0.2) is 24.3 Å². The van der Waals surface area contributed by atoms with Gasteiger partial charge >= 0.3 is 5.97 Å². The van der Waals surface area contributed by atoms with Crippen LogP contribution in [0.4, 0.5) is 21.6 Å². The zero-order chi connectivity index (χ0) is 20.8. The molecule has 0 aliphatic carbocycles. The first kappa shape index (κ1) is 20.9. The maximum Gasteiger partial charge on any atom is 0.335 e. The molecule has 2 aromatic rings. The Morgan fingerprint density at radius 2 is 2.11 bits per heavy atom. The fourth-order valence-corrected chi connectivity index (χ4v) is 2.64. The molecule has 1 aromatic heterocycles. The van der Waals surface area contributed by atoms with Gasteiger partial charge in [0.15, 0.2) is 16.8 Å². The lowest BCUT2D eigenvalue weighted by molar-refractivity contribution is -0.499. The summed E-state index contributed by atoms with van der Waals surface area (Å²) in [6.07, 6.45) is 1.36. The number of aromatic hydroxyl groups is 1. The minimum Gasteiger partial charge on any atom is -0.504 e. The maximum atomic E-state index is 13.3. The fraction of sp³-hybridized carbons (Fsp3) is 0.333. The van der Waals surface area contributed by atoms with Crippen LogP contribution in [0, 0.1) is 21.8 Å². The fourth-order valence-electron chi connectivity index (χ4n) is 2.64. The minimum atomic E-state index is -1.26. The third-order valence-corrected chi connectivity index (χ3v) is 3.82. The summed E-state index contributed by atoms with van der Waals surface area (Å²) in [5.41, 5.74) is 0.695. The van der Waals surface area contributed by atoms with Crippen LogP contribution < -0.4 is 10.3 Å². The van der Waals surface area contributed by atoms with Crippen LogP contribution in [0.2, 0.25) is 0 Å². The summed E-state index contributed by atoms with van der Waals surface area (Å²) in [6.45, 7) is 3.60. The number of carbonyl (C=O) groups is 1. The zero-order valence-electron chi connectivity index (χ0n) is 15.6. The van der Waals surface area contributed by atoms with E-state index < -0.39 is 34.4 Å². The maximum absolute atomic E-state index is 13.3. The number of hydrogen-bond donors (Lipinski definition) is 2. The van der Waals surface area contributed by atoms with Crippen LogP contribution in [-0.2, 0) is 9.53 Å². The van der Waals surface area contributed by atoms with Crippen molar-refractivity contribution in [2.24, 2.45) is 5.92 Å². The average molecular weight is 392 g/mol. The number of esters is 1. The smallest absolute Gasteiger partial charge is 0.335 e. The number of nitro groups is 1. The summed E-state index contributed by atoms with van der Waals surface area (Å²) in [6, 6.07) is 5.56. The highest BCUT2D eigenvalue weighted by Crippen LogP contribution is 2.31. The Hall–Kier alpha value is -3.43. The van der Waals surface area contributed by atoms with Gasteiger partial charge in [0, 0.05) is 11.8 Å². The summed E-state index contributed by atoms with van der Waals surface area (Å²) in [5, 5.41) is 24.4. The first-order chi connectivity index (χ1) is 13.2. The highest BCUT2D eigenvalue weighted by Gasteiger charge is 2.38. The van der Waals surface area contributed by atoms with Gasteiger partial charge in [-0.1, -0.05) is 24.9 Å². The molecule has 9 nitrogen and oxygen atoms in total. The van der Waals surface area contributed by atoms with Crippen molar-refractivity contribution in [1.82, 2.24) is 4.98 Å². The van der Waals surface area contributed by atoms with Gasteiger partial charge in [0.1, 0.15) is 5.82 Å². The Balaban J connectivity index is 2.36. The van der Waals surface area contributed by atoms with E-state index in [2.05, 4.69) is 15.0 Å². The molecule has 0 spiro atoms. The Bertz CT molecular complexity index is 862. The quantitative estimate of drug-likeness (QED) is 0.399. The van der Waals surface area contributed by atoms with E-state index in [-0.39, 0.29) is 18.0 Å². The normalized spacial score (nSPS) is 11.8. The second kappa shape index (κ2) is 8.98. The van der Waals surface area contributed by atoms with E-state index >= 15 is 0 Å². The number of methoxy groups -OCH3 is 1. The van der Waals surface area contributed by atoms with Gasteiger partial charge in [-0.2, -0.15) is 0 Å². The van der Waals surface area contributed by atoms with E-state index in [9.17, 15) is 24.4 Å². The Kier molecular flexibility index (Phi) is 6.69. The topological polar surface area (TPSA) is 118 Å². The average Bonchev–Trinajstić information content (AvgIpc) is 2.61. The number of nitrogens with zero attached hydrogens (tertiary/aromatic N) is 3. The van der Waals surface area contributed by atoms with Crippen LogP contribution in [-0.4, -0.2) is 34.2 Å². The van der Waals surface area contributed by atoms with Crippen molar-refractivity contribution in [3.63, 3.8) is 0 Å². The lowest BCUT2D eigenvalue weighted by Crippen LogP contribution is -2.47. The number of hydrogen-bond acceptors (Lipinski definition) is 7. The molecule has 0 saturated carbocycles. The number of carbonyl (C=O) groups excluding carboxylic acids is 1. The minimum absolute atomic E-state index is 0.0531. The summed E-state index contributed by atoms with van der Waals surface area (Å²) in [4.78, 5) is 27.7. The van der Waals surface area contributed by atoms with Crippen LogP contribution in [0.25, 0.3) is 0 Å². The molecule has 1 heterocycles. The van der Waals surface area contributed by atoms with Crippen molar-refractivity contribution >= 4 is 23.2 Å². The Morgan fingerprint density at radius 3 is 2.64 bits per heavy atom. The van der Waals surface area contributed by atoms with Crippen molar-refractivity contribution < 1.29 is 24.1 Å². The second-order valence-electron chi connectivity index (χ2n) is 6.45. The zero-order valence-corrected chi connectivity index (χ0v) is 15.6. The number of ether oxygens (including phenoxy) is 1. The molecule has 0 aliphatic heterocycles. The Morgan fingerprint density at radius 1 is 1.39 bits per heavy atom. The first-order valence-electron chi connectivity index (χ1n) is 8.46. The van der Waals surface area contributed by atoms with Gasteiger partial charge in [0.25, 0.3) is 0 Å². The lowest BCUT2D eigenvalue weighted by atomic mass is 10.0. The highest BCUT2D eigenvalue weighted by atomic mass is 19.1. The van der Waals surface area contributed by atoms with Gasteiger partial charge in [-0.3, -0.25) is 0 Å². The largest absolute Gasteiger partial charge is 0.504 e. The molecule has 150 valence electrons. The van der Waals surface area contributed by atoms with Crippen molar-refractivity contribution in [1.29, 1.82) is 0 Å². The molecule has 28 heavy (non-hydrogen) atoms. The third-order valence-electron chi connectivity index (χ3n) is 3.82. The van der Waals surface area contributed by atoms with Crippen molar-refractivity contribution in [2.75, 3.05) is 17.4 Å². The molecule has 2 rings (SSSR count). The van der Waals surface area contributed by atoms with Gasteiger partial charge < -0.3 is 15.2 Å². The standard InChI is InChI=1S/C18H21FN4O5/c1-11(2)7-15(18(25)28-3)22(23(26)27)17-16(24)9-14(10-20-17)21-13-6-4-5-12(19)8-13/h4-6,8-11,15,21,24H,7H2,1-3H3/t15-/m0/s1. The van der Waals surface area contributed by atoms with Crippen LogP contribution in [0.15, 0.2) is 36.5 Å². The van der Waals surface area contributed by atoms with Crippen LogP contribution in [0.5, 0.6) is 5.75 Å². The highest BCUT2D eigenvalue weighted by molar-refractivity contribution is 5.79. The number of rotatable bonds is 8. The summed E-state index contributed by atoms with van der Waals surface area (Å²) >= 11 is 0. The van der Waals surface area contributed by atoms with Crippen molar-refractivity contribution in [2.45, 2.75) is 26.3 Å². The molecule has 10 heteroatoms. The van der Waals surface area contributed by atoms with Crippen molar-refractivity contribution in [3.8, 4) is 5.75 Å². The van der Waals surface area contributed by atoms with Crippen LogP contribution in [0.3, 0.4) is 0 Å². The van der Waals surface area contributed by atoms with E-state index in [1.54, 1.807) is 19.9 Å². The van der Waals surface area contributed by atoms with Gasteiger partial charge in [0.05, 0.1) is 19.0 Å². The molecule has 0 radical (unpaired) electrons. The van der Waals surface area contributed by atoms with E-state index in [0.29, 0.717) is 10.7 Å². The molecule has 0 unspecified atom stereocenters. The van der Waals surface area contributed by atoms with E-state index in [0.717, 1.165) is 7.11 Å². The molecular weight excluding hydrogens is 371 g/mol. The monoisotopic (exact) mass is 392 g/mol. The number of anilines is 3. The molecule has 2 N–H and O–H groups in total. The molecule has 0 saturated heterocycles. The molecule has 0 fully saturated rings. The molecule has 1 aromatic carbocycles. The predicted molar refractivity (Wildman–Crippen MR) is 100 cm³/mol. The third kappa shape index (κ3) is 5.06. The molecule has 0 bridgehead atoms. The number of nitrogens with one attached hydrogen (secondary N) is 1. The Labute approximate surface area is 160 Å². The predicted octanol–water partition coefficient (Wildman–Crippen LogP) is 3.26. The van der Waals surface area contributed by atoms with Gasteiger partial charge in [0.2, 0.25) is 5.82 Å². The molecule has 0 amide bonds. The van der Waals surface area contributed by atoms with Crippen LogP contribution >= 0.6 is 0 Å². The number of hydrazine groups is 1. The molecule has 0 aliphatic rings. The lowest BCUT2D eigenvalue weighted by Gasteiger charge is -2.23. The number of pyridine rings is 1. The van der Waals surface area contributed by atoms with Crippen molar-refractivity contribution in [3.05, 3.63) is 52.5 Å². The first-order valence-corrected chi connectivity index (χ1v) is 8.46. The summed E-state index contributed by atoms with van der Waals surface area (Å²) in [5.74, 6) is -2.23. The summed E-state index contributed by atoms with van der Waals surface area (Å²) < 4.78 is 18.0. The summed E-state index contributed by atoms with van der Waals surface area (Å²) in [7, 11) is 1.13. The van der Waals surface area contributed by atoms with Crippen LogP contribution in [0.1, 0.15) is 20.3 Å². The van der Waals surface area contributed by atoms with E-state index in [4.69, 9.17) is 0 Å². The van der Waals surface area contributed by atoms with E-state index in [1.165, 1.54) is 30.5 Å². The molecular formula is C18H21FN4O5.